The van der Waals surface area contributed by atoms with E-state index in [4.69, 9.17) is 9.72 Å². The minimum absolute atomic E-state index is 0.187. The first-order chi connectivity index (χ1) is 12.9. The van der Waals surface area contributed by atoms with Crippen LogP contribution in [0.2, 0.25) is 0 Å². The normalized spacial score (nSPS) is 18.0. The Kier molecular flexibility index (Phi) is 4.56. The van der Waals surface area contributed by atoms with Crippen LogP contribution in [0.15, 0.2) is 35.0 Å². The molecule has 0 aromatic carbocycles. The van der Waals surface area contributed by atoms with Crippen molar-refractivity contribution < 1.29 is 8.95 Å². The van der Waals surface area contributed by atoms with E-state index in [9.17, 15) is 4.21 Å². The van der Waals surface area contributed by atoms with Crippen molar-refractivity contribution in [2.45, 2.75) is 13.0 Å². The summed E-state index contributed by atoms with van der Waals surface area (Å²) >= 11 is 0. The molecule has 0 saturated carbocycles. The van der Waals surface area contributed by atoms with Crippen LogP contribution >= 0.6 is 0 Å². The number of morpholine rings is 1. The monoisotopic (exact) mass is 386 g/mol. The van der Waals surface area contributed by atoms with Gasteiger partial charge in [-0.15, -0.1) is 0 Å². The zero-order chi connectivity index (χ0) is 19.0. The number of aromatic nitrogens is 4. The Morgan fingerprint density at radius 2 is 2.19 bits per heavy atom. The van der Waals surface area contributed by atoms with Crippen molar-refractivity contribution in [1.82, 2.24) is 19.9 Å². The number of fused-ring (bicyclic) bond motifs is 1. The number of rotatable bonds is 3. The van der Waals surface area contributed by atoms with Crippen LogP contribution in [0, 0.1) is 0 Å². The Hall–Kier alpha value is -2.52. The number of H-pyrrole nitrogens is 1. The summed E-state index contributed by atoms with van der Waals surface area (Å²) in [5.41, 5.74) is 1.63. The van der Waals surface area contributed by atoms with E-state index in [0.29, 0.717) is 24.9 Å². The second kappa shape index (κ2) is 6.90. The fraction of sp³-hybridized carbons (Fsp3) is 0.389. The minimum atomic E-state index is -2.35. The van der Waals surface area contributed by atoms with Gasteiger partial charge in [0.2, 0.25) is 0 Å². The molecule has 1 aliphatic heterocycles. The van der Waals surface area contributed by atoms with Gasteiger partial charge < -0.3 is 14.6 Å². The Bertz CT molecular complexity index is 1090. The lowest BCUT2D eigenvalue weighted by molar-refractivity contribution is 0.0985. The molecule has 0 bridgehead atoms. The van der Waals surface area contributed by atoms with Crippen molar-refractivity contribution in [3.63, 3.8) is 0 Å². The zero-order valence-corrected chi connectivity index (χ0v) is 16.4. The quantitative estimate of drug-likeness (QED) is 0.743. The molecule has 27 heavy (non-hydrogen) atoms. The SMILES string of the molecule is C[C@@H]1COCCN1c1cc(N=S(C)(C)=O)nc(-c2ccnc3[nH]ccc23)n1. The van der Waals surface area contributed by atoms with E-state index in [1.54, 1.807) is 24.8 Å². The second-order valence-electron chi connectivity index (χ2n) is 6.90. The Labute approximate surface area is 158 Å². The molecule has 0 spiro atoms. The molecule has 0 aliphatic carbocycles. The summed E-state index contributed by atoms with van der Waals surface area (Å²) in [5, 5.41) is 0.935. The van der Waals surface area contributed by atoms with Gasteiger partial charge in [0.15, 0.2) is 11.6 Å². The van der Waals surface area contributed by atoms with Gasteiger partial charge in [-0.05, 0) is 19.1 Å². The molecule has 4 rings (SSSR count). The predicted molar refractivity (Wildman–Crippen MR) is 107 cm³/mol. The summed E-state index contributed by atoms with van der Waals surface area (Å²) in [6.07, 6.45) is 6.76. The highest BCUT2D eigenvalue weighted by atomic mass is 32.2. The van der Waals surface area contributed by atoms with E-state index >= 15 is 0 Å². The van der Waals surface area contributed by atoms with Crippen molar-refractivity contribution in [2.24, 2.45) is 4.36 Å². The fourth-order valence-electron chi connectivity index (χ4n) is 3.18. The number of aromatic amines is 1. The average molecular weight is 386 g/mol. The van der Waals surface area contributed by atoms with Gasteiger partial charge in [-0.2, -0.15) is 4.36 Å². The molecule has 1 N–H and O–H groups in total. The Balaban J connectivity index is 1.91. The Morgan fingerprint density at radius 1 is 1.33 bits per heavy atom. The third kappa shape index (κ3) is 3.79. The van der Waals surface area contributed by atoms with E-state index in [-0.39, 0.29) is 6.04 Å². The van der Waals surface area contributed by atoms with Gasteiger partial charge in [0, 0.05) is 58.2 Å². The molecular weight excluding hydrogens is 364 g/mol. The molecule has 0 unspecified atom stereocenters. The standard InChI is InChI=1S/C18H22N6O2S/c1-12-11-26-9-8-24(12)16-10-15(23-27(2,3)25)21-18(22-16)14-5-7-20-17-13(14)4-6-19-17/h4-7,10,12H,8-9,11H2,1-3H3,(H,19,20)/t12-/m1/s1. The molecule has 142 valence electrons. The summed E-state index contributed by atoms with van der Waals surface area (Å²) in [5.74, 6) is 1.73. The molecule has 3 aromatic rings. The third-order valence-corrected chi connectivity index (χ3v) is 5.00. The summed E-state index contributed by atoms with van der Waals surface area (Å²) in [4.78, 5) is 19.0. The molecule has 9 heteroatoms. The van der Waals surface area contributed by atoms with Crippen molar-refractivity contribution in [1.29, 1.82) is 0 Å². The van der Waals surface area contributed by atoms with Gasteiger partial charge in [0.1, 0.15) is 11.5 Å². The van der Waals surface area contributed by atoms with E-state index < -0.39 is 9.73 Å². The van der Waals surface area contributed by atoms with Gasteiger partial charge in [-0.1, -0.05) is 0 Å². The summed E-state index contributed by atoms with van der Waals surface area (Å²) in [6, 6.07) is 5.82. The molecule has 3 aromatic heterocycles. The molecule has 4 heterocycles. The molecule has 8 nitrogen and oxygen atoms in total. The predicted octanol–water partition coefficient (Wildman–Crippen LogP) is 2.60. The topological polar surface area (TPSA) is 96.4 Å². The van der Waals surface area contributed by atoms with Crippen LogP contribution in [0.3, 0.4) is 0 Å². The number of nitrogens with one attached hydrogen (secondary N) is 1. The zero-order valence-electron chi connectivity index (χ0n) is 15.5. The first-order valence-electron chi connectivity index (χ1n) is 8.74. The molecule has 1 atom stereocenters. The number of hydrogen-bond acceptors (Lipinski definition) is 7. The van der Waals surface area contributed by atoms with Crippen LogP contribution in [0.1, 0.15) is 6.92 Å². The van der Waals surface area contributed by atoms with Crippen LogP contribution < -0.4 is 4.90 Å². The second-order valence-corrected chi connectivity index (χ2v) is 9.44. The molecule has 1 aliphatic rings. The third-order valence-electron chi connectivity index (χ3n) is 4.38. The van der Waals surface area contributed by atoms with Crippen LogP contribution in [0.4, 0.5) is 11.6 Å². The number of anilines is 1. The first kappa shape index (κ1) is 17.9. The number of ether oxygens (including phenoxy) is 1. The average Bonchev–Trinajstić information content (AvgIpc) is 3.09. The molecule has 1 fully saturated rings. The van der Waals surface area contributed by atoms with Crippen LogP contribution in [-0.2, 0) is 14.5 Å². The maximum absolute atomic E-state index is 12.3. The maximum atomic E-state index is 12.3. The molecular formula is C18H22N6O2S. The van der Waals surface area contributed by atoms with E-state index in [1.807, 2.05) is 18.3 Å². The van der Waals surface area contributed by atoms with Gasteiger partial charge in [-0.3, -0.25) is 0 Å². The lowest BCUT2D eigenvalue weighted by Crippen LogP contribution is -2.44. The first-order valence-corrected chi connectivity index (χ1v) is 11.1. The van der Waals surface area contributed by atoms with Crippen molar-refractivity contribution in [2.75, 3.05) is 37.2 Å². The highest BCUT2D eigenvalue weighted by molar-refractivity contribution is 7.92. The summed E-state index contributed by atoms with van der Waals surface area (Å²) in [6.45, 7) is 4.12. The fourth-order valence-corrected chi connectivity index (χ4v) is 3.73. The summed E-state index contributed by atoms with van der Waals surface area (Å²) in [7, 11) is -2.35. The number of nitrogens with zero attached hydrogens (tertiary/aromatic N) is 5. The maximum Gasteiger partial charge on any atom is 0.167 e. The smallest absolute Gasteiger partial charge is 0.167 e. The van der Waals surface area contributed by atoms with Crippen LogP contribution in [0.25, 0.3) is 22.4 Å². The Morgan fingerprint density at radius 3 is 2.96 bits per heavy atom. The lowest BCUT2D eigenvalue weighted by Gasteiger charge is -2.34. The molecule has 0 radical (unpaired) electrons. The van der Waals surface area contributed by atoms with E-state index in [1.165, 1.54) is 0 Å². The van der Waals surface area contributed by atoms with Crippen LogP contribution in [-0.4, -0.2) is 62.5 Å². The largest absolute Gasteiger partial charge is 0.377 e. The lowest BCUT2D eigenvalue weighted by atomic mass is 10.1. The number of pyridine rings is 1. The van der Waals surface area contributed by atoms with Crippen molar-refractivity contribution >= 4 is 32.4 Å². The molecule has 1 saturated heterocycles. The minimum Gasteiger partial charge on any atom is -0.377 e. The highest BCUT2D eigenvalue weighted by Gasteiger charge is 2.22. The summed E-state index contributed by atoms with van der Waals surface area (Å²) < 4.78 is 22.1. The van der Waals surface area contributed by atoms with E-state index in [0.717, 1.165) is 29.0 Å². The van der Waals surface area contributed by atoms with Gasteiger partial charge in [0.25, 0.3) is 0 Å². The molecule has 0 amide bonds. The van der Waals surface area contributed by atoms with Crippen LogP contribution in [0.5, 0.6) is 0 Å². The van der Waals surface area contributed by atoms with Gasteiger partial charge >= 0.3 is 0 Å². The highest BCUT2D eigenvalue weighted by Crippen LogP contribution is 2.30. The van der Waals surface area contributed by atoms with Crippen molar-refractivity contribution in [3.05, 3.63) is 30.6 Å². The van der Waals surface area contributed by atoms with Gasteiger partial charge in [0.05, 0.1) is 19.3 Å². The van der Waals surface area contributed by atoms with Gasteiger partial charge in [-0.25, -0.2) is 19.2 Å². The van der Waals surface area contributed by atoms with E-state index in [2.05, 4.69) is 31.1 Å². The number of hydrogen-bond donors (Lipinski definition) is 1. The van der Waals surface area contributed by atoms with Crippen molar-refractivity contribution in [3.8, 4) is 11.4 Å².